The predicted octanol–water partition coefficient (Wildman–Crippen LogP) is 2.39. The number of aromatic nitrogens is 5. The first-order chi connectivity index (χ1) is 12.9. The third-order valence-corrected chi connectivity index (χ3v) is 5.29. The Morgan fingerprint density at radius 3 is 2.93 bits per heavy atom. The summed E-state index contributed by atoms with van der Waals surface area (Å²) in [5.41, 5.74) is 3.49. The van der Waals surface area contributed by atoms with Crippen LogP contribution < -0.4 is 10.9 Å². The summed E-state index contributed by atoms with van der Waals surface area (Å²) >= 11 is 1.45. The summed E-state index contributed by atoms with van der Waals surface area (Å²) in [6.07, 6.45) is 3.09. The number of anilines is 1. The molecule has 27 heavy (non-hydrogen) atoms. The van der Waals surface area contributed by atoms with Crippen LogP contribution in [0.5, 0.6) is 0 Å². The minimum absolute atomic E-state index is 0.154. The van der Waals surface area contributed by atoms with Crippen LogP contribution in [-0.4, -0.2) is 30.2 Å². The van der Waals surface area contributed by atoms with Gasteiger partial charge in [0.05, 0.1) is 22.7 Å². The fourth-order valence-electron chi connectivity index (χ4n) is 3.05. The van der Waals surface area contributed by atoms with E-state index in [1.807, 2.05) is 13.8 Å². The van der Waals surface area contributed by atoms with Gasteiger partial charge < -0.3 is 5.32 Å². The van der Waals surface area contributed by atoms with E-state index in [-0.39, 0.29) is 24.4 Å². The monoisotopic (exact) mass is 382 g/mol. The molecule has 138 valence electrons. The van der Waals surface area contributed by atoms with E-state index in [1.165, 1.54) is 34.0 Å². The van der Waals surface area contributed by atoms with Gasteiger partial charge in [-0.25, -0.2) is 9.97 Å². The van der Waals surface area contributed by atoms with Gasteiger partial charge >= 0.3 is 0 Å². The summed E-state index contributed by atoms with van der Waals surface area (Å²) in [6, 6.07) is 4.13. The van der Waals surface area contributed by atoms with E-state index >= 15 is 0 Å². The Labute approximate surface area is 158 Å². The van der Waals surface area contributed by atoms with Crippen molar-refractivity contribution in [2.45, 2.75) is 26.8 Å². The summed E-state index contributed by atoms with van der Waals surface area (Å²) < 4.78 is 4.02. The quantitative estimate of drug-likeness (QED) is 0.585. The molecule has 0 saturated carbocycles. The Morgan fingerprint density at radius 2 is 2.11 bits per heavy atom. The summed E-state index contributed by atoms with van der Waals surface area (Å²) in [7, 11) is 1.73. The maximum absolute atomic E-state index is 12.4. The molecule has 0 aliphatic carbocycles. The van der Waals surface area contributed by atoms with Crippen molar-refractivity contribution in [2.24, 2.45) is 7.05 Å². The van der Waals surface area contributed by atoms with E-state index in [1.54, 1.807) is 11.7 Å². The third kappa shape index (κ3) is 3.21. The summed E-state index contributed by atoms with van der Waals surface area (Å²) in [6.45, 7) is 4.29. The van der Waals surface area contributed by atoms with Gasteiger partial charge in [0.15, 0.2) is 10.8 Å². The lowest BCUT2D eigenvalue weighted by Gasteiger charge is -2.05. The fourth-order valence-corrected chi connectivity index (χ4v) is 4.11. The van der Waals surface area contributed by atoms with E-state index in [9.17, 15) is 9.59 Å². The molecule has 0 fully saturated rings. The molecule has 3 heterocycles. The van der Waals surface area contributed by atoms with Gasteiger partial charge in [0, 0.05) is 20.0 Å². The van der Waals surface area contributed by atoms with Crippen LogP contribution in [0.1, 0.15) is 17.5 Å². The van der Waals surface area contributed by atoms with Gasteiger partial charge in [-0.3, -0.25) is 18.8 Å². The molecule has 1 aromatic carbocycles. The van der Waals surface area contributed by atoms with E-state index in [0.29, 0.717) is 16.2 Å². The Kier molecular flexibility index (Phi) is 4.23. The zero-order chi connectivity index (χ0) is 19.1. The highest BCUT2D eigenvalue weighted by Crippen LogP contribution is 2.29. The normalized spacial score (nSPS) is 11.4. The second kappa shape index (κ2) is 6.58. The number of nitrogens with one attached hydrogen (secondary N) is 1. The van der Waals surface area contributed by atoms with Crippen molar-refractivity contribution in [2.75, 3.05) is 5.32 Å². The van der Waals surface area contributed by atoms with E-state index in [2.05, 4.69) is 32.5 Å². The molecule has 0 bridgehead atoms. The maximum Gasteiger partial charge on any atom is 0.264 e. The van der Waals surface area contributed by atoms with E-state index in [4.69, 9.17) is 0 Å². The fraction of sp³-hybridized carbons (Fsp3) is 0.278. The van der Waals surface area contributed by atoms with Gasteiger partial charge in [0.1, 0.15) is 5.39 Å². The highest BCUT2D eigenvalue weighted by molar-refractivity contribution is 7.22. The van der Waals surface area contributed by atoms with Crippen molar-refractivity contribution >= 4 is 43.6 Å². The number of hydrogen-bond acceptors (Lipinski definition) is 6. The van der Waals surface area contributed by atoms with Crippen molar-refractivity contribution in [1.29, 1.82) is 0 Å². The molecule has 3 aromatic heterocycles. The van der Waals surface area contributed by atoms with Crippen molar-refractivity contribution in [1.82, 2.24) is 24.3 Å². The van der Waals surface area contributed by atoms with Gasteiger partial charge in [-0.15, -0.1) is 0 Å². The first-order valence-electron chi connectivity index (χ1n) is 8.47. The number of rotatable bonds is 4. The molecule has 0 saturated heterocycles. The lowest BCUT2D eigenvalue weighted by Crippen LogP contribution is -2.23. The number of thiazole rings is 1. The molecule has 0 aliphatic rings. The number of nitrogens with zero attached hydrogens (tertiary/aromatic N) is 5. The molecule has 0 unspecified atom stereocenters. The molecule has 4 aromatic rings. The van der Waals surface area contributed by atoms with Crippen molar-refractivity contribution in [3.63, 3.8) is 0 Å². The molecule has 1 amide bonds. The third-order valence-electron chi connectivity index (χ3n) is 4.37. The first-order valence-corrected chi connectivity index (χ1v) is 9.29. The van der Waals surface area contributed by atoms with Crippen LogP contribution in [0.2, 0.25) is 0 Å². The highest BCUT2D eigenvalue weighted by Gasteiger charge is 2.12. The second-order valence-corrected chi connectivity index (χ2v) is 7.52. The number of benzene rings is 1. The van der Waals surface area contributed by atoms with Crippen LogP contribution in [-0.2, 0) is 18.4 Å². The second-order valence-electron chi connectivity index (χ2n) is 6.49. The minimum Gasteiger partial charge on any atom is -0.302 e. The minimum atomic E-state index is -0.202. The first kappa shape index (κ1) is 17.3. The Balaban J connectivity index is 1.48. The molecule has 0 spiro atoms. The van der Waals surface area contributed by atoms with Crippen LogP contribution in [0.15, 0.2) is 29.5 Å². The standard InChI is InChI=1S/C18H18N6O2S/c1-10-6-11(2)15-13(7-10)27-18(22-15)21-14(25)4-5-24-9-19-16-12(17(24)26)8-20-23(16)3/h6-9H,4-5H2,1-3H3,(H,21,22,25). The summed E-state index contributed by atoms with van der Waals surface area (Å²) in [5.74, 6) is -0.193. The molecule has 9 heteroatoms. The number of hydrogen-bond donors (Lipinski definition) is 1. The number of carbonyl (C=O) groups is 1. The highest BCUT2D eigenvalue weighted by atomic mass is 32.1. The molecular formula is C18H18N6O2S. The number of aryl methyl sites for hydroxylation is 4. The maximum atomic E-state index is 12.4. The number of amides is 1. The lowest BCUT2D eigenvalue weighted by molar-refractivity contribution is -0.116. The van der Waals surface area contributed by atoms with E-state index < -0.39 is 0 Å². The molecule has 0 atom stereocenters. The van der Waals surface area contributed by atoms with Crippen molar-refractivity contribution in [3.05, 3.63) is 46.1 Å². The van der Waals surface area contributed by atoms with Crippen molar-refractivity contribution < 1.29 is 4.79 Å². The molecule has 1 N–H and O–H groups in total. The van der Waals surface area contributed by atoms with Crippen LogP contribution in [0.3, 0.4) is 0 Å². The molecule has 4 rings (SSSR count). The number of fused-ring (bicyclic) bond motifs is 2. The van der Waals surface area contributed by atoms with Crippen LogP contribution in [0, 0.1) is 13.8 Å². The zero-order valence-corrected chi connectivity index (χ0v) is 16.0. The zero-order valence-electron chi connectivity index (χ0n) is 15.2. The van der Waals surface area contributed by atoms with Gasteiger partial charge in [-0.2, -0.15) is 5.10 Å². The Hall–Kier alpha value is -3.07. The average Bonchev–Trinajstić information content (AvgIpc) is 3.18. The van der Waals surface area contributed by atoms with Crippen molar-refractivity contribution in [3.8, 4) is 0 Å². The Bertz CT molecular complexity index is 1240. The average molecular weight is 382 g/mol. The summed E-state index contributed by atoms with van der Waals surface area (Å²) in [4.78, 5) is 33.5. The number of carbonyl (C=O) groups excluding carboxylic acids is 1. The smallest absolute Gasteiger partial charge is 0.264 e. The Morgan fingerprint density at radius 1 is 1.30 bits per heavy atom. The lowest BCUT2D eigenvalue weighted by atomic mass is 10.1. The van der Waals surface area contributed by atoms with Gasteiger partial charge in [-0.1, -0.05) is 17.4 Å². The molecule has 8 nitrogen and oxygen atoms in total. The predicted molar refractivity (Wildman–Crippen MR) is 105 cm³/mol. The molecular weight excluding hydrogens is 364 g/mol. The van der Waals surface area contributed by atoms with Crippen LogP contribution >= 0.6 is 11.3 Å². The van der Waals surface area contributed by atoms with Gasteiger partial charge in [0.2, 0.25) is 5.91 Å². The van der Waals surface area contributed by atoms with Crippen LogP contribution in [0.4, 0.5) is 5.13 Å². The van der Waals surface area contributed by atoms with Crippen LogP contribution in [0.25, 0.3) is 21.3 Å². The SMILES string of the molecule is Cc1cc(C)c2nc(NC(=O)CCn3cnc4c(cnn4C)c3=O)sc2c1. The van der Waals surface area contributed by atoms with Gasteiger partial charge in [0.25, 0.3) is 5.56 Å². The summed E-state index contributed by atoms with van der Waals surface area (Å²) in [5, 5.41) is 7.87. The largest absolute Gasteiger partial charge is 0.302 e. The molecule has 0 aliphatic heterocycles. The van der Waals surface area contributed by atoms with Gasteiger partial charge in [-0.05, 0) is 31.0 Å². The van der Waals surface area contributed by atoms with E-state index in [0.717, 1.165) is 15.8 Å². The molecule has 0 radical (unpaired) electrons. The topological polar surface area (TPSA) is 94.7 Å².